The number of fused-ring (bicyclic) bond motifs is 1. The SMILES string of the molecule is COc1c(NC(=O)c2ccc(C)c(Nc3ncnc4cnc(N5CCCC5)nc34)c2)cc(C(C)(C)C)cc1NS(C)(C)(C)=O. The van der Waals surface area contributed by atoms with E-state index in [0.717, 1.165) is 37.1 Å². The summed E-state index contributed by atoms with van der Waals surface area (Å²) in [4.78, 5) is 34.0. The molecule has 3 heterocycles. The number of carbonyl (C=O) groups excluding carboxylic acids is 1. The maximum absolute atomic E-state index is 13.7. The molecule has 11 nitrogen and oxygen atoms in total. The zero-order chi connectivity index (χ0) is 31.9. The highest BCUT2D eigenvalue weighted by Gasteiger charge is 2.25. The summed E-state index contributed by atoms with van der Waals surface area (Å²) < 4.78 is 22.2. The van der Waals surface area contributed by atoms with Gasteiger partial charge in [-0.2, -0.15) is 0 Å². The molecular weight excluding hydrogens is 576 g/mol. The Morgan fingerprint density at radius 2 is 1.68 bits per heavy atom. The van der Waals surface area contributed by atoms with E-state index in [2.05, 4.69) is 56.0 Å². The fraction of sp³-hybridized carbons (Fsp3) is 0.406. The van der Waals surface area contributed by atoms with Crippen LogP contribution in [-0.4, -0.2) is 69.0 Å². The smallest absolute Gasteiger partial charge is 0.255 e. The summed E-state index contributed by atoms with van der Waals surface area (Å²) >= 11 is 0. The van der Waals surface area contributed by atoms with Crippen LogP contribution >= 0.6 is 0 Å². The summed E-state index contributed by atoms with van der Waals surface area (Å²) in [5, 5.41) is 6.41. The van der Waals surface area contributed by atoms with Crippen molar-refractivity contribution < 1.29 is 13.7 Å². The topological polar surface area (TPSA) is 134 Å². The largest absolute Gasteiger partial charge is 0.492 e. The number of amides is 1. The van der Waals surface area contributed by atoms with Crippen molar-refractivity contribution in [3.05, 3.63) is 59.5 Å². The summed E-state index contributed by atoms with van der Waals surface area (Å²) in [7, 11) is -1.64. The van der Waals surface area contributed by atoms with Crippen LogP contribution in [0.1, 0.15) is 55.1 Å². The molecule has 4 aromatic rings. The van der Waals surface area contributed by atoms with Crippen molar-refractivity contribution in [3.63, 3.8) is 0 Å². The average molecular weight is 619 g/mol. The second kappa shape index (κ2) is 11.3. The summed E-state index contributed by atoms with van der Waals surface area (Å²) in [6, 6.07) is 9.27. The quantitative estimate of drug-likeness (QED) is 0.228. The van der Waals surface area contributed by atoms with Crippen molar-refractivity contribution in [2.24, 2.45) is 0 Å². The lowest BCUT2D eigenvalue weighted by Crippen LogP contribution is -2.36. The van der Waals surface area contributed by atoms with Crippen molar-refractivity contribution in [2.75, 3.05) is 59.2 Å². The van der Waals surface area contributed by atoms with E-state index in [1.54, 1.807) is 37.1 Å². The molecule has 1 aliphatic heterocycles. The van der Waals surface area contributed by atoms with Crippen LogP contribution in [0.5, 0.6) is 5.75 Å². The number of anilines is 5. The van der Waals surface area contributed by atoms with E-state index in [1.807, 2.05) is 25.1 Å². The minimum Gasteiger partial charge on any atom is -0.492 e. The van der Waals surface area contributed by atoms with Crippen molar-refractivity contribution in [2.45, 2.75) is 46.0 Å². The maximum atomic E-state index is 13.7. The van der Waals surface area contributed by atoms with Gasteiger partial charge in [-0.25, -0.2) is 19.9 Å². The third-order valence-electron chi connectivity index (χ3n) is 7.37. The van der Waals surface area contributed by atoms with Gasteiger partial charge >= 0.3 is 0 Å². The van der Waals surface area contributed by atoms with Gasteiger partial charge in [0.05, 0.1) is 24.7 Å². The Morgan fingerprint density at radius 3 is 2.34 bits per heavy atom. The molecule has 0 radical (unpaired) electrons. The molecule has 1 saturated heterocycles. The Balaban J connectivity index is 1.48. The molecule has 2 aromatic heterocycles. The molecule has 0 aliphatic carbocycles. The zero-order valence-electron chi connectivity index (χ0n) is 26.7. The lowest BCUT2D eigenvalue weighted by Gasteiger charge is -2.33. The maximum Gasteiger partial charge on any atom is 0.255 e. The Morgan fingerprint density at radius 1 is 0.977 bits per heavy atom. The zero-order valence-corrected chi connectivity index (χ0v) is 27.6. The first-order valence-corrected chi connectivity index (χ1v) is 17.8. The molecule has 1 fully saturated rings. The second-order valence-corrected chi connectivity index (χ2v) is 18.4. The second-order valence-electron chi connectivity index (χ2n) is 13.3. The molecule has 44 heavy (non-hydrogen) atoms. The fourth-order valence-corrected chi connectivity index (χ4v) is 5.95. The number of carbonyl (C=O) groups is 1. The third kappa shape index (κ3) is 7.07. The Bertz CT molecular complexity index is 1790. The van der Waals surface area contributed by atoms with E-state index < -0.39 is 9.25 Å². The molecule has 0 bridgehead atoms. The first-order valence-electron chi connectivity index (χ1n) is 14.6. The van der Waals surface area contributed by atoms with Crippen LogP contribution in [-0.2, 0) is 14.7 Å². The van der Waals surface area contributed by atoms with Gasteiger partial charge in [-0.15, -0.1) is 0 Å². The minimum atomic E-state index is -3.17. The van der Waals surface area contributed by atoms with Crippen LogP contribution in [0.2, 0.25) is 0 Å². The number of nitrogens with zero attached hydrogens (tertiary/aromatic N) is 5. The van der Waals surface area contributed by atoms with E-state index >= 15 is 0 Å². The highest BCUT2D eigenvalue weighted by molar-refractivity contribution is 8.19. The number of methoxy groups -OCH3 is 1. The lowest BCUT2D eigenvalue weighted by molar-refractivity contribution is 0.102. The number of rotatable bonds is 8. The van der Waals surface area contributed by atoms with Crippen LogP contribution in [0, 0.1) is 6.92 Å². The molecular formula is C32H42N8O3S. The number of aromatic nitrogens is 4. The third-order valence-corrected chi connectivity index (χ3v) is 8.29. The predicted molar refractivity (Wildman–Crippen MR) is 180 cm³/mol. The normalized spacial score (nSPS) is 14.6. The van der Waals surface area contributed by atoms with E-state index in [9.17, 15) is 9.00 Å². The molecule has 0 atom stereocenters. The number of nitrogens with one attached hydrogen (secondary N) is 3. The molecule has 0 unspecified atom stereocenters. The van der Waals surface area contributed by atoms with Gasteiger partial charge in [0.1, 0.15) is 17.4 Å². The van der Waals surface area contributed by atoms with Crippen LogP contribution in [0.3, 0.4) is 0 Å². The summed E-state index contributed by atoms with van der Waals surface area (Å²) in [6.45, 7) is 10.0. The highest BCUT2D eigenvalue weighted by Crippen LogP contribution is 2.41. The van der Waals surface area contributed by atoms with Crippen LogP contribution < -0.4 is 25.0 Å². The van der Waals surface area contributed by atoms with Gasteiger partial charge in [0.25, 0.3) is 5.91 Å². The number of benzene rings is 2. The van der Waals surface area contributed by atoms with Crippen molar-refractivity contribution >= 4 is 55.0 Å². The van der Waals surface area contributed by atoms with Gasteiger partial charge in [-0.1, -0.05) is 26.8 Å². The van der Waals surface area contributed by atoms with Gasteiger partial charge in [-0.05, 0) is 69.8 Å². The molecule has 0 saturated carbocycles. The Labute approximate surface area is 258 Å². The molecule has 1 aliphatic rings. The average Bonchev–Trinajstić information content (AvgIpc) is 3.47. The fourth-order valence-electron chi connectivity index (χ4n) is 5.05. The van der Waals surface area contributed by atoms with Crippen molar-refractivity contribution in [3.8, 4) is 5.75 Å². The van der Waals surface area contributed by atoms with Gasteiger partial charge in [0, 0.05) is 43.1 Å². The van der Waals surface area contributed by atoms with E-state index in [4.69, 9.17) is 9.72 Å². The standard InChI is InChI=1S/C32H42N8O3S/c1-20-11-12-21(15-23(20)36-29-27-26(34-19-35-29)18-33-31(38-27)40-13-9-10-14-40)30(41)37-24-16-22(32(2,3)4)17-25(28(24)43-5)39-44(6,7,8)42/h11-12,15-19H,9-10,13-14H2,1-8H3,(H,37,41)(H,39,42)(H,34,35,36). The van der Waals surface area contributed by atoms with E-state index in [-0.39, 0.29) is 11.3 Å². The van der Waals surface area contributed by atoms with Crippen LogP contribution in [0.4, 0.5) is 28.8 Å². The van der Waals surface area contributed by atoms with Gasteiger partial charge in [0.15, 0.2) is 11.6 Å². The first-order chi connectivity index (χ1) is 20.6. The molecule has 5 rings (SSSR count). The van der Waals surface area contributed by atoms with Crippen molar-refractivity contribution in [1.82, 2.24) is 19.9 Å². The Hall–Kier alpha value is -4.32. The van der Waals surface area contributed by atoms with E-state index in [1.165, 1.54) is 13.4 Å². The summed E-state index contributed by atoms with van der Waals surface area (Å²) in [5.41, 5.74) is 5.05. The number of ether oxygens (including phenoxy) is 1. The molecule has 234 valence electrons. The molecule has 0 spiro atoms. The summed E-state index contributed by atoms with van der Waals surface area (Å²) in [5.74, 6) is 1.28. The molecule has 1 amide bonds. The van der Waals surface area contributed by atoms with Gasteiger partial charge < -0.3 is 25.0 Å². The number of hydrogen-bond acceptors (Lipinski definition) is 9. The number of aryl methyl sites for hydroxylation is 1. The molecule has 12 heteroatoms. The van der Waals surface area contributed by atoms with Gasteiger partial charge in [0.2, 0.25) is 5.95 Å². The van der Waals surface area contributed by atoms with Crippen LogP contribution in [0.15, 0.2) is 42.9 Å². The highest BCUT2D eigenvalue weighted by atomic mass is 32.3. The van der Waals surface area contributed by atoms with Gasteiger partial charge in [-0.3, -0.25) is 9.00 Å². The minimum absolute atomic E-state index is 0.242. The number of hydrogen-bond donors (Lipinski definition) is 3. The van der Waals surface area contributed by atoms with Crippen LogP contribution in [0.25, 0.3) is 11.0 Å². The van der Waals surface area contributed by atoms with E-state index in [0.29, 0.717) is 51.2 Å². The Kier molecular flexibility index (Phi) is 8.00. The monoisotopic (exact) mass is 618 g/mol. The van der Waals surface area contributed by atoms with Crippen molar-refractivity contribution in [1.29, 1.82) is 0 Å². The summed E-state index contributed by atoms with van der Waals surface area (Å²) in [6.07, 6.45) is 10.4. The lowest BCUT2D eigenvalue weighted by atomic mass is 9.86. The predicted octanol–water partition coefficient (Wildman–Crippen LogP) is 5.67. The first kappa shape index (κ1) is 31.1. The molecule has 3 N–H and O–H groups in total. The molecule has 2 aromatic carbocycles.